The number of unbranched alkanes of at least 4 members (excludes halogenated alkanes) is 10. The zero-order valence-electron chi connectivity index (χ0n) is 25.2. The summed E-state index contributed by atoms with van der Waals surface area (Å²) in [6, 6.07) is 0. The van der Waals surface area contributed by atoms with Gasteiger partial charge in [0.2, 0.25) is 0 Å². The smallest absolute Gasteiger partial charge is 0.308 e. The van der Waals surface area contributed by atoms with Crippen LogP contribution in [-0.2, 0) is 19.1 Å². The number of ether oxygens (including phenoxy) is 2. The number of hydrogen-bond acceptors (Lipinski definition) is 8. The maximum Gasteiger partial charge on any atom is 0.308 e. The van der Waals surface area contributed by atoms with Crippen LogP contribution >= 0.6 is 0 Å². The Balaban J connectivity index is 4.27. The second kappa shape index (κ2) is 28.3. The molecule has 0 saturated heterocycles. The lowest BCUT2D eigenvalue weighted by Gasteiger charge is -2.26. The number of rotatable bonds is 30. The third-order valence-electron chi connectivity index (χ3n) is 7.29. The Hall–Kier alpha value is -1.22. The van der Waals surface area contributed by atoms with Crippen molar-refractivity contribution in [2.75, 3.05) is 39.5 Å². The highest BCUT2D eigenvalue weighted by molar-refractivity contribution is 5.72. The third-order valence-corrected chi connectivity index (χ3v) is 7.29. The lowest BCUT2D eigenvalue weighted by atomic mass is 9.94. The van der Waals surface area contributed by atoms with Gasteiger partial charge in [0.15, 0.2) is 0 Å². The molecular formula is C31H61NO7. The molecule has 0 aliphatic heterocycles. The van der Waals surface area contributed by atoms with Crippen molar-refractivity contribution in [3.8, 4) is 0 Å². The van der Waals surface area contributed by atoms with E-state index in [0.717, 1.165) is 38.5 Å². The fraction of sp³-hybridized carbons (Fsp3) is 0.935. The normalized spacial score (nSPS) is 13.8. The van der Waals surface area contributed by atoms with Gasteiger partial charge in [-0.3, -0.25) is 14.5 Å². The number of esters is 1. The predicted molar refractivity (Wildman–Crippen MR) is 156 cm³/mol. The van der Waals surface area contributed by atoms with Gasteiger partial charge in [-0.2, -0.15) is 0 Å². The summed E-state index contributed by atoms with van der Waals surface area (Å²) in [5.41, 5.74) is 0. The quantitative estimate of drug-likeness (QED) is 0.0609. The largest absolute Gasteiger partial charge is 0.468 e. The number of hydrogen-bond donors (Lipinski definition) is 3. The first-order valence-corrected chi connectivity index (χ1v) is 15.9. The average Bonchev–Trinajstić information content (AvgIpc) is 2.91. The van der Waals surface area contributed by atoms with E-state index in [1.54, 1.807) is 0 Å². The molecule has 0 bridgehead atoms. The Bertz CT molecular complexity index is 549. The van der Waals surface area contributed by atoms with Gasteiger partial charge in [-0.15, -0.1) is 0 Å². The predicted octanol–water partition coefficient (Wildman–Crippen LogP) is 5.40. The van der Waals surface area contributed by atoms with E-state index < -0.39 is 12.2 Å². The molecule has 3 atom stereocenters. The molecule has 0 aromatic heterocycles. The highest BCUT2D eigenvalue weighted by atomic mass is 16.5. The molecule has 232 valence electrons. The molecule has 0 aliphatic carbocycles. The number of aliphatic hydroxyl groups excluding tert-OH is 3. The molecule has 0 radical (unpaired) electrons. The molecule has 0 rings (SSSR count). The highest BCUT2D eigenvalue weighted by Gasteiger charge is 2.20. The molecule has 0 aromatic rings. The van der Waals surface area contributed by atoms with E-state index in [1.807, 2.05) is 4.90 Å². The second-order valence-electron chi connectivity index (χ2n) is 11.0. The monoisotopic (exact) mass is 559 g/mol. The number of carbonyl (C=O) groups excluding carboxylic acids is 2. The molecule has 0 spiro atoms. The summed E-state index contributed by atoms with van der Waals surface area (Å²) in [5.74, 6) is -0.0453. The molecule has 0 saturated carbocycles. The van der Waals surface area contributed by atoms with Crippen LogP contribution in [0.1, 0.15) is 129 Å². The zero-order chi connectivity index (χ0) is 29.0. The number of aliphatic hydroxyl groups is 3. The average molecular weight is 560 g/mol. The van der Waals surface area contributed by atoms with Crippen molar-refractivity contribution in [1.82, 2.24) is 4.90 Å². The van der Waals surface area contributed by atoms with Crippen molar-refractivity contribution in [2.45, 2.75) is 142 Å². The minimum absolute atomic E-state index is 0.00892. The Morgan fingerprint density at radius 3 is 1.74 bits per heavy atom. The molecule has 3 N–H and O–H groups in total. The van der Waals surface area contributed by atoms with Gasteiger partial charge in [-0.05, 0) is 51.4 Å². The van der Waals surface area contributed by atoms with Gasteiger partial charge in [0.1, 0.15) is 0 Å². The van der Waals surface area contributed by atoms with Gasteiger partial charge in [-0.25, -0.2) is 0 Å². The molecule has 0 aromatic carbocycles. The lowest BCUT2D eigenvalue weighted by Crippen LogP contribution is -2.39. The zero-order valence-corrected chi connectivity index (χ0v) is 25.2. The van der Waals surface area contributed by atoms with E-state index >= 15 is 0 Å². The summed E-state index contributed by atoms with van der Waals surface area (Å²) < 4.78 is 10.3. The molecule has 0 amide bonds. The van der Waals surface area contributed by atoms with Crippen LogP contribution < -0.4 is 0 Å². The van der Waals surface area contributed by atoms with Gasteiger partial charge in [0.25, 0.3) is 6.47 Å². The summed E-state index contributed by atoms with van der Waals surface area (Å²) in [4.78, 5) is 24.8. The van der Waals surface area contributed by atoms with E-state index in [0.29, 0.717) is 65.0 Å². The van der Waals surface area contributed by atoms with Crippen LogP contribution in [0, 0.1) is 5.92 Å². The first kappa shape index (κ1) is 37.8. The van der Waals surface area contributed by atoms with Crippen molar-refractivity contribution in [3.63, 3.8) is 0 Å². The van der Waals surface area contributed by atoms with Gasteiger partial charge < -0.3 is 24.8 Å². The maximum atomic E-state index is 12.8. The molecule has 3 unspecified atom stereocenters. The number of nitrogens with zero attached hydrogens (tertiary/aromatic N) is 1. The molecule has 39 heavy (non-hydrogen) atoms. The lowest BCUT2D eigenvalue weighted by molar-refractivity contribution is -0.149. The van der Waals surface area contributed by atoms with Gasteiger partial charge in [0.05, 0.1) is 37.9 Å². The summed E-state index contributed by atoms with van der Waals surface area (Å²) >= 11 is 0. The Kier molecular flexibility index (Phi) is 27.4. The fourth-order valence-electron chi connectivity index (χ4n) is 4.93. The van der Waals surface area contributed by atoms with Crippen LogP contribution in [0.15, 0.2) is 0 Å². The van der Waals surface area contributed by atoms with Crippen molar-refractivity contribution in [2.24, 2.45) is 5.92 Å². The van der Waals surface area contributed by atoms with Crippen LogP contribution in [0.2, 0.25) is 0 Å². The van der Waals surface area contributed by atoms with Crippen LogP contribution in [0.4, 0.5) is 0 Å². The van der Waals surface area contributed by atoms with Gasteiger partial charge in [-0.1, -0.05) is 78.1 Å². The molecule has 0 aliphatic rings. The van der Waals surface area contributed by atoms with E-state index in [2.05, 4.69) is 18.6 Å². The topological polar surface area (TPSA) is 117 Å². The SMILES string of the molecule is CCCCCCCCC(CCCCCC)C(=O)OCCCCC(O)CN(CCO)CC(O)CCCCOC=O. The summed E-state index contributed by atoms with van der Waals surface area (Å²) in [5, 5.41) is 30.1. The fourth-order valence-corrected chi connectivity index (χ4v) is 4.93. The number of carbonyl (C=O) groups is 2. The molecule has 8 nitrogen and oxygen atoms in total. The van der Waals surface area contributed by atoms with Crippen LogP contribution in [0.3, 0.4) is 0 Å². The molecular weight excluding hydrogens is 498 g/mol. The molecule has 0 heterocycles. The van der Waals surface area contributed by atoms with Crippen LogP contribution in [0.5, 0.6) is 0 Å². The summed E-state index contributed by atoms with van der Waals surface area (Å²) in [7, 11) is 0. The third kappa shape index (κ3) is 24.3. The van der Waals surface area contributed by atoms with E-state index in [-0.39, 0.29) is 18.5 Å². The second-order valence-corrected chi connectivity index (χ2v) is 11.0. The van der Waals surface area contributed by atoms with Crippen molar-refractivity contribution in [3.05, 3.63) is 0 Å². The minimum Gasteiger partial charge on any atom is -0.468 e. The van der Waals surface area contributed by atoms with Crippen molar-refractivity contribution >= 4 is 12.4 Å². The van der Waals surface area contributed by atoms with Gasteiger partial charge >= 0.3 is 5.97 Å². The van der Waals surface area contributed by atoms with Crippen LogP contribution in [0.25, 0.3) is 0 Å². The van der Waals surface area contributed by atoms with Crippen molar-refractivity contribution < 1.29 is 34.4 Å². The maximum absolute atomic E-state index is 12.8. The molecule has 8 heteroatoms. The Labute approximate surface area is 238 Å². The summed E-state index contributed by atoms with van der Waals surface area (Å²) in [6.07, 6.45) is 16.8. The Morgan fingerprint density at radius 2 is 1.21 bits per heavy atom. The van der Waals surface area contributed by atoms with Gasteiger partial charge in [0, 0.05) is 19.6 Å². The first-order chi connectivity index (χ1) is 19.0. The van der Waals surface area contributed by atoms with Crippen molar-refractivity contribution in [1.29, 1.82) is 0 Å². The summed E-state index contributed by atoms with van der Waals surface area (Å²) in [6.45, 7) is 6.69. The van der Waals surface area contributed by atoms with E-state index in [4.69, 9.17) is 4.74 Å². The highest BCUT2D eigenvalue weighted by Crippen LogP contribution is 2.21. The van der Waals surface area contributed by atoms with E-state index in [9.17, 15) is 24.9 Å². The molecule has 0 fully saturated rings. The standard InChI is InChI=1S/C31H61NO7/c1-3-5-7-9-10-12-18-28(17-11-8-6-4-2)31(37)39-24-16-14-20-30(36)26-32(21-22-33)25-29(35)19-13-15-23-38-27-34/h27-30,33,35-36H,3-26H2,1-2H3. The Morgan fingerprint density at radius 1 is 0.718 bits per heavy atom. The minimum atomic E-state index is -0.570. The van der Waals surface area contributed by atoms with Crippen LogP contribution in [-0.4, -0.2) is 84.3 Å². The first-order valence-electron chi connectivity index (χ1n) is 15.9. The van der Waals surface area contributed by atoms with E-state index in [1.165, 1.54) is 51.4 Å².